The highest BCUT2D eigenvalue weighted by Gasteiger charge is 2.54. The van der Waals surface area contributed by atoms with Gasteiger partial charge in [0.25, 0.3) is 0 Å². The lowest BCUT2D eigenvalue weighted by Gasteiger charge is -2.39. The van der Waals surface area contributed by atoms with Gasteiger partial charge in [0, 0.05) is 29.6 Å². The highest BCUT2D eigenvalue weighted by Crippen LogP contribution is 2.67. The second-order valence-corrected chi connectivity index (χ2v) is 19.7. The van der Waals surface area contributed by atoms with Crippen molar-refractivity contribution >= 4 is 27.5 Å². The third kappa shape index (κ3) is 5.35. The summed E-state index contributed by atoms with van der Waals surface area (Å²) < 4.78 is 0. The molecule has 10 aliphatic carbocycles. The summed E-state index contributed by atoms with van der Waals surface area (Å²) in [6.45, 7) is 0. The van der Waals surface area contributed by atoms with Gasteiger partial charge in [0.05, 0.1) is 0 Å². The molecule has 10 aliphatic rings. The predicted molar refractivity (Wildman–Crippen MR) is 267 cm³/mol. The molecule has 14 rings (SSSR count). The number of allylic oxidation sites excluding steroid dienone is 27. The Kier molecular flexibility index (Phi) is 8.38. The van der Waals surface area contributed by atoms with E-state index in [4.69, 9.17) is 0 Å². The molecular weight excluding hydrogens is 769 g/mol. The van der Waals surface area contributed by atoms with E-state index in [1.54, 1.807) is 39.0 Å². The maximum Gasteiger partial charge on any atom is 0.0203 e. The Morgan fingerprint density at radius 2 is 1.33 bits per heavy atom. The molecule has 4 aromatic carbocycles. The molecule has 0 nitrogen and oxygen atoms in total. The van der Waals surface area contributed by atoms with Crippen LogP contribution in [0.5, 0.6) is 0 Å². The van der Waals surface area contributed by atoms with Gasteiger partial charge in [-0.25, -0.2) is 0 Å². The fourth-order valence-corrected chi connectivity index (χ4v) is 14.0. The van der Waals surface area contributed by atoms with E-state index in [-0.39, 0.29) is 11.8 Å². The second kappa shape index (κ2) is 14.5. The fraction of sp³-hybridized carbons (Fsp3) is 0.219. The zero-order valence-corrected chi connectivity index (χ0v) is 36.5. The summed E-state index contributed by atoms with van der Waals surface area (Å²) in [4.78, 5) is 0. The topological polar surface area (TPSA) is 0 Å². The molecule has 0 saturated heterocycles. The summed E-state index contributed by atoms with van der Waals surface area (Å²) in [5.74, 6) is 1.42. The minimum Gasteiger partial charge on any atom is -0.0842 e. The van der Waals surface area contributed by atoms with Crippen LogP contribution in [0.25, 0.3) is 27.5 Å². The molecule has 5 unspecified atom stereocenters. The molecular formula is C64H52. The van der Waals surface area contributed by atoms with Crippen LogP contribution in [-0.4, -0.2) is 0 Å². The second-order valence-electron chi connectivity index (χ2n) is 19.7. The predicted octanol–water partition coefficient (Wildman–Crippen LogP) is 16.1. The molecule has 308 valence electrons. The molecule has 0 amide bonds. The Labute approximate surface area is 378 Å². The first-order valence-electron chi connectivity index (χ1n) is 24.3. The Morgan fingerprint density at radius 1 is 0.547 bits per heavy atom. The van der Waals surface area contributed by atoms with Gasteiger partial charge < -0.3 is 0 Å². The average molecular weight is 821 g/mol. The minimum atomic E-state index is 0.180. The van der Waals surface area contributed by atoms with E-state index in [0.29, 0.717) is 17.8 Å². The SMILES string of the molecule is C1=CCCC(C2=CC3=C(CC2C2=CCCC=C2)c2cc4c(c5cccc3c25)C(c2ccccc2)=C2C3=CC5=C(C=CCC5)C5C(C6=CC=CCC6)=CC=C(C35)C2C4c2ccccc2)=C1. The number of benzene rings is 4. The lowest BCUT2D eigenvalue weighted by molar-refractivity contribution is 0.525. The third-order valence-electron chi connectivity index (χ3n) is 16.5. The van der Waals surface area contributed by atoms with E-state index in [0.717, 1.165) is 57.8 Å². The largest absolute Gasteiger partial charge is 0.0842 e. The van der Waals surface area contributed by atoms with E-state index in [2.05, 4.69) is 176 Å². The van der Waals surface area contributed by atoms with Crippen molar-refractivity contribution in [2.45, 2.75) is 63.7 Å². The zero-order chi connectivity index (χ0) is 41.9. The monoisotopic (exact) mass is 820 g/mol. The average Bonchev–Trinajstić information content (AvgIpc) is 3.86. The molecule has 1 fully saturated rings. The summed E-state index contributed by atoms with van der Waals surface area (Å²) in [5.41, 5.74) is 28.6. The van der Waals surface area contributed by atoms with Crippen LogP contribution in [0.1, 0.15) is 97.1 Å². The Morgan fingerprint density at radius 3 is 2.11 bits per heavy atom. The quantitative estimate of drug-likeness (QED) is 0.188. The van der Waals surface area contributed by atoms with Gasteiger partial charge in [-0.15, -0.1) is 0 Å². The van der Waals surface area contributed by atoms with E-state index in [1.165, 1.54) is 77.6 Å². The smallest absolute Gasteiger partial charge is 0.0203 e. The van der Waals surface area contributed by atoms with Gasteiger partial charge in [-0.3, -0.25) is 0 Å². The lowest BCUT2D eigenvalue weighted by Crippen LogP contribution is -2.28. The van der Waals surface area contributed by atoms with Crippen molar-refractivity contribution in [2.75, 3.05) is 0 Å². The van der Waals surface area contributed by atoms with Gasteiger partial charge in [-0.05, 0) is 181 Å². The van der Waals surface area contributed by atoms with Gasteiger partial charge in [-0.1, -0.05) is 170 Å². The van der Waals surface area contributed by atoms with Crippen LogP contribution >= 0.6 is 0 Å². The molecule has 0 N–H and O–H groups in total. The van der Waals surface area contributed by atoms with Crippen molar-refractivity contribution in [3.05, 3.63) is 265 Å². The molecule has 0 aliphatic heterocycles. The number of hydrogen-bond acceptors (Lipinski definition) is 0. The first-order chi connectivity index (χ1) is 31.8. The van der Waals surface area contributed by atoms with Gasteiger partial charge in [0.15, 0.2) is 0 Å². The van der Waals surface area contributed by atoms with Crippen LogP contribution in [0, 0.1) is 23.7 Å². The molecule has 0 radical (unpaired) electrons. The zero-order valence-electron chi connectivity index (χ0n) is 36.5. The highest BCUT2D eigenvalue weighted by molar-refractivity contribution is 6.20. The van der Waals surface area contributed by atoms with Crippen LogP contribution in [0.2, 0.25) is 0 Å². The van der Waals surface area contributed by atoms with E-state index in [9.17, 15) is 0 Å². The van der Waals surface area contributed by atoms with Crippen molar-refractivity contribution in [2.24, 2.45) is 23.7 Å². The van der Waals surface area contributed by atoms with Crippen LogP contribution in [-0.2, 0) is 0 Å². The van der Waals surface area contributed by atoms with Crippen molar-refractivity contribution < 1.29 is 0 Å². The Bertz CT molecular complexity index is 3210. The maximum absolute atomic E-state index is 2.73. The molecule has 5 atom stereocenters. The molecule has 0 spiro atoms. The van der Waals surface area contributed by atoms with Crippen LogP contribution in [0.15, 0.2) is 232 Å². The summed E-state index contributed by atoms with van der Waals surface area (Å²) in [7, 11) is 0. The van der Waals surface area contributed by atoms with E-state index >= 15 is 0 Å². The Balaban J connectivity index is 1.06. The lowest BCUT2D eigenvalue weighted by atomic mass is 9.64. The number of hydrogen-bond donors (Lipinski definition) is 0. The third-order valence-corrected chi connectivity index (χ3v) is 16.5. The summed E-state index contributed by atoms with van der Waals surface area (Å²) >= 11 is 0. The van der Waals surface area contributed by atoms with Crippen molar-refractivity contribution in [3.63, 3.8) is 0 Å². The van der Waals surface area contributed by atoms with Gasteiger partial charge in [0.1, 0.15) is 0 Å². The molecule has 0 heterocycles. The van der Waals surface area contributed by atoms with Gasteiger partial charge in [0.2, 0.25) is 0 Å². The number of fused-ring (bicyclic) bond motifs is 8. The standard InChI is InChI=1S/C64H52/c1-6-19-39(20-7-1)46-33-34-49-62-55(35-44-29-16-17-30-45(44)60(46)62)64-58(43-27-14-5-15-28-43)61-48-32-18-31-47-52-36-50(40-21-8-2-9-22-40)51(41-23-10-3-11-24-41)37-53(52)54(59(47)48)38-56(61)57(63(49)64)42-25-12-4-13-26-42/h1-2,4-6,8,10,12-15,17-19,21,23-28,30-36,38,51,57,60,62-63H,3,7,9,11,16,20,22,29,37H2. The van der Waals surface area contributed by atoms with E-state index in [1.807, 2.05) is 0 Å². The van der Waals surface area contributed by atoms with Crippen LogP contribution in [0.4, 0.5) is 0 Å². The van der Waals surface area contributed by atoms with Gasteiger partial charge in [-0.2, -0.15) is 0 Å². The highest BCUT2D eigenvalue weighted by atomic mass is 14.6. The number of rotatable bonds is 5. The summed E-state index contributed by atoms with van der Waals surface area (Å²) in [6, 6.07) is 33.2. The first kappa shape index (κ1) is 36.9. The Hall–Kier alpha value is -6.50. The van der Waals surface area contributed by atoms with Gasteiger partial charge >= 0.3 is 0 Å². The van der Waals surface area contributed by atoms with E-state index < -0.39 is 0 Å². The fourth-order valence-electron chi connectivity index (χ4n) is 14.0. The normalized spacial score (nSPS) is 26.9. The minimum absolute atomic E-state index is 0.180. The first-order valence-corrected chi connectivity index (χ1v) is 24.3. The molecule has 4 aromatic rings. The van der Waals surface area contributed by atoms with Crippen molar-refractivity contribution in [3.8, 4) is 0 Å². The maximum atomic E-state index is 2.73. The van der Waals surface area contributed by atoms with Crippen LogP contribution in [0.3, 0.4) is 0 Å². The summed E-state index contributed by atoms with van der Waals surface area (Å²) in [6.07, 6.45) is 47.0. The molecule has 0 aromatic heterocycles. The molecule has 0 heteroatoms. The van der Waals surface area contributed by atoms with Crippen LogP contribution < -0.4 is 0 Å². The van der Waals surface area contributed by atoms with Crippen molar-refractivity contribution in [1.29, 1.82) is 0 Å². The van der Waals surface area contributed by atoms with Crippen molar-refractivity contribution in [1.82, 2.24) is 0 Å². The summed E-state index contributed by atoms with van der Waals surface area (Å²) in [5, 5.41) is 2.88. The molecule has 1 saturated carbocycles. The molecule has 64 heavy (non-hydrogen) atoms. The molecule has 0 bridgehead atoms.